The van der Waals surface area contributed by atoms with E-state index in [2.05, 4.69) is 189 Å². The van der Waals surface area contributed by atoms with Gasteiger partial charge in [-0.1, -0.05) is 135 Å². The second kappa shape index (κ2) is 10.5. The molecule has 1 nitrogen and oxygen atoms in total. The highest BCUT2D eigenvalue weighted by atomic mass is 15.1. The molecule has 8 aromatic carbocycles. The van der Waals surface area contributed by atoms with Crippen molar-refractivity contribution in [3.63, 3.8) is 0 Å². The monoisotopic (exact) mass is 625 g/mol. The van der Waals surface area contributed by atoms with Gasteiger partial charge in [-0.2, -0.15) is 0 Å². The van der Waals surface area contributed by atoms with Crippen molar-refractivity contribution in [2.75, 3.05) is 4.90 Å². The third-order valence-corrected chi connectivity index (χ3v) is 11.0. The first-order valence-electron chi connectivity index (χ1n) is 17.4. The van der Waals surface area contributed by atoms with E-state index in [0.717, 1.165) is 17.1 Å². The highest BCUT2D eigenvalue weighted by Crippen LogP contribution is 2.64. The summed E-state index contributed by atoms with van der Waals surface area (Å²) in [5, 5.41) is 5.09. The Bertz CT molecular complexity index is 2530. The van der Waals surface area contributed by atoms with Crippen LogP contribution in [-0.4, -0.2) is 0 Å². The lowest BCUT2D eigenvalue weighted by atomic mass is 9.70. The molecule has 49 heavy (non-hydrogen) atoms. The van der Waals surface area contributed by atoms with E-state index < -0.39 is 5.41 Å². The van der Waals surface area contributed by atoms with Crippen LogP contribution in [0.3, 0.4) is 0 Å². The van der Waals surface area contributed by atoms with Crippen LogP contribution in [0.5, 0.6) is 0 Å². The fraction of sp³-hybridized carbons (Fsp3) is 0.0833. The maximum Gasteiger partial charge on any atom is 0.0725 e. The fourth-order valence-corrected chi connectivity index (χ4v) is 8.81. The molecule has 1 heteroatoms. The van der Waals surface area contributed by atoms with Gasteiger partial charge in [0.1, 0.15) is 0 Å². The molecule has 0 aliphatic heterocycles. The Morgan fingerprint density at radius 1 is 0.408 bits per heavy atom. The van der Waals surface area contributed by atoms with E-state index in [9.17, 15) is 0 Å². The molecule has 0 heterocycles. The minimum Gasteiger partial charge on any atom is -0.310 e. The van der Waals surface area contributed by atoms with Gasteiger partial charge in [0.15, 0.2) is 0 Å². The van der Waals surface area contributed by atoms with Gasteiger partial charge in [0.2, 0.25) is 0 Å². The number of hydrogen-bond donors (Lipinski definition) is 0. The lowest BCUT2D eigenvalue weighted by molar-refractivity contribution is 0.795. The maximum atomic E-state index is 2.51. The molecule has 0 N–H and O–H groups in total. The first kappa shape index (κ1) is 28.1. The summed E-state index contributed by atoms with van der Waals surface area (Å²) in [6.45, 7) is 4.50. The van der Waals surface area contributed by atoms with E-state index in [1.54, 1.807) is 0 Å². The van der Waals surface area contributed by atoms with Crippen molar-refractivity contribution in [2.24, 2.45) is 0 Å². The fourth-order valence-electron chi connectivity index (χ4n) is 8.81. The number of rotatable bonds is 4. The van der Waals surface area contributed by atoms with Crippen molar-refractivity contribution in [1.29, 1.82) is 0 Å². The summed E-state index contributed by atoms with van der Waals surface area (Å²) in [5.74, 6) is 0.487. The number of anilines is 3. The molecule has 2 aliphatic rings. The molecule has 2 aliphatic carbocycles. The van der Waals surface area contributed by atoms with Crippen LogP contribution in [-0.2, 0) is 5.41 Å². The van der Waals surface area contributed by atoms with Crippen LogP contribution in [0, 0.1) is 0 Å². The Morgan fingerprint density at radius 2 is 1.02 bits per heavy atom. The first-order chi connectivity index (χ1) is 24.1. The maximum absolute atomic E-state index is 2.51. The highest BCUT2D eigenvalue weighted by molar-refractivity contribution is 6.08. The van der Waals surface area contributed by atoms with Crippen molar-refractivity contribution < 1.29 is 0 Å². The zero-order valence-corrected chi connectivity index (χ0v) is 27.7. The molecule has 1 spiro atoms. The zero-order valence-electron chi connectivity index (χ0n) is 27.7. The molecule has 0 atom stereocenters. The molecule has 0 aromatic heterocycles. The summed E-state index contributed by atoms with van der Waals surface area (Å²) in [6, 6.07) is 63.5. The van der Waals surface area contributed by atoms with Crippen molar-refractivity contribution in [2.45, 2.75) is 25.2 Å². The molecule has 0 fully saturated rings. The minimum atomic E-state index is -0.391. The van der Waals surface area contributed by atoms with E-state index >= 15 is 0 Å². The Labute approximate surface area is 287 Å². The van der Waals surface area contributed by atoms with Gasteiger partial charge in [-0.05, 0) is 126 Å². The topological polar surface area (TPSA) is 3.24 Å². The second-order valence-electron chi connectivity index (χ2n) is 13.9. The lowest BCUT2D eigenvalue weighted by Crippen LogP contribution is -2.25. The SMILES string of the molecule is CC(C)c1ccc(N(c2ccccc2)c2ccc3cc4c(cc3c2)C2(c3ccccc3-c3ccccc32)c2ccc3ccccc3c2-4)cc1. The summed E-state index contributed by atoms with van der Waals surface area (Å²) < 4.78 is 0. The number of nitrogens with zero attached hydrogens (tertiary/aromatic N) is 1. The predicted octanol–water partition coefficient (Wildman–Crippen LogP) is 12.9. The average Bonchev–Trinajstić information content (AvgIpc) is 3.61. The van der Waals surface area contributed by atoms with Crippen LogP contribution in [0.4, 0.5) is 17.1 Å². The molecule has 8 aromatic rings. The average molecular weight is 626 g/mol. The molecule has 0 bridgehead atoms. The Balaban J connectivity index is 1.26. The number of hydrogen-bond acceptors (Lipinski definition) is 1. The van der Waals surface area contributed by atoms with Crippen molar-refractivity contribution >= 4 is 38.6 Å². The van der Waals surface area contributed by atoms with Gasteiger partial charge in [-0.25, -0.2) is 0 Å². The van der Waals surface area contributed by atoms with Gasteiger partial charge < -0.3 is 4.90 Å². The van der Waals surface area contributed by atoms with Gasteiger partial charge in [-0.15, -0.1) is 0 Å². The van der Waals surface area contributed by atoms with Crippen LogP contribution in [0.15, 0.2) is 170 Å². The van der Waals surface area contributed by atoms with E-state index in [4.69, 9.17) is 0 Å². The van der Waals surface area contributed by atoms with Crippen LogP contribution >= 0.6 is 0 Å². The summed E-state index contributed by atoms with van der Waals surface area (Å²) in [6.07, 6.45) is 0. The quantitative estimate of drug-likeness (QED) is 0.188. The van der Waals surface area contributed by atoms with Gasteiger partial charge in [0.05, 0.1) is 5.41 Å². The minimum absolute atomic E-state index is 0.391. The molecule has 0 saturated heterocycles. The summed E-state index contributed by atoms with van der Waals surface area (Å²) >= 11 is 0. The van der Waals surface area contributed by atoms with Crippen molar-refractivity contribution in [3.05, 3.63) is 198 Å². The second-order valence-corrected chi connectivity index (χ2v) is 13.9. The standard InChI is InChI=1S/C48H35N/c1-31(2)32-20-24-37(25-21-32)49(36-13-4-3-5-14-36)38-26-22-34-29-42-46(30-35(34)28-38)48(45-27-23-33-12-6-7-15-39(33)47(42)45)43-18-10-8-16-40(43)41-17-9-11-19-44(41)48/h3-31H,1-2H3. The molecular weight excluding hydrogens is 591 g/mol. The third-order valence-electron chi connectivity index (χ3n) is 11.0. The lowest BCUT2D eigenvalue weighted by Gasteiger charge is -2.31. The largest absolute Gasteiger partial charge is 0.310 e. The van der Waals surface area contributed by atoms with Gasteiger partial charge in [-0.3, -0.25) is 0 Å². The van der Waals surface area contributed by atoms with Gasteiger partial charge >= 0.3 is 0 Å². The normalized spacial score (nSPS) is 13.4. The molecule has 0 saturated carbocycles. The van der Waals surface area contributed by atoms with Crippen molar-refractivity contribution in [1.82, 2.24) is 0 Å². The number of benzene rings is 8. The van der Waals surface area contributed by atoms with E-state index in [-0.39, 0.29) is 0 Å². The predicted molar refractivity (Wildman–Crippen MR) is 207 cm³/mol. The van der Waals surface area contributed by atoms with Gasteiger partial charge in [0.25, 0.3) is 0 Å². The highest BCUT2D eigenvalue weighted by Gasteiger charge is 2.52. The summed E-state index contributed by atoms with van der Waals surface area (Å²) in [7, 11) is 0. The Kier molecular flexibility index (Phi) is 6.05. The number of para-hydroxylation sites is 1. The Morgan fingerprint density at radius 3 is 1.76 bits per heavy atom. The smallest absolute Gasteiger partial charge is 0.0725 e. The van der Waals surface area contributed by atoms with E-state index in [1.165, 1.54) is 71.6 Å². The van der Waals surface area contributed by atoms with Crippen LogP contribution in [0.2, 0.25) is 0 Å². The van der Waals surface area contributed by atoms with E-state index in [1.807, 2.05) is 0 Å². The molecule has 232 valence electrons. The molecule has 10 rings (SSSR count). The molecular formula is C48H35N. The molecule has 0 radical (unpaired) electrons. The van der Waals surface area contributed by atoms with Crippen LogP contribution in [0.1, 0.15) is 47.6 Å². The molecule has 0 unspecified atom stereocenters. The molecule has 0 amide bonds. The summed E-state index contributed by atoms with van der Waals surface area (Å²) in [4.78, 5) is 2.38. The van der Waals surface area contributed by atoms with E-state index in [0.29, 0.717) is 5.92 Å². The first-order valence-corrected chi connectivity index (χ1v) is 17.4. The number of fused-ring (bicyclic) bond motifs is 13. The van der Waals surface area contributed by atoms with Gasteiger partial charge in [0, 0.05) is 17.1 Å². The third kappa shape index (κ3) is 3.93. The summed E-state index contributed by atoms with van der Waals surface area (Å²) in [5.41, 5.74) is 15.3. The van der Waals surface area contributed by atoms with Crippen LogP contribution in [0.25, 0.3) is 43.8 Å². The Hall–Kier alpha value is -5.92. The zero-order chi connectivity index (χ0) is 32.7. The van der Waals surface area contributed by atoms with Crippen LogP contribution < -0.4 is 4.90 Å². The van der Waals surface area contributed by atoms with Crippen molar-refractivity contribution in [3.8, 4) is 22.3 Å².